The van der Waals surface area contributed by atoms with Crippen LogP contribution < -0.4 is 0 Å². The van der Waals surface area contributed by atoms with Crippen molar-refractivity contribution in [1.82, 2.24) is 0 Å². The second-order valence-corrected chi connectivity index (χ2v) is 5.09. The molecular weight excluding hydrogens is 226 g/mol. The van der Waals surface area contributed by atoms with Crippen LogP contribution in [0.4, 0.5) is 0 Å². The summed E-state index contributed by atoms with van der Waals surface area (Å²) in [5.41, 5.74) is 2.61. The lowest BCUT2D eigenvalue weighted by atomic mass is 9.84. The summed E-state index contributed by atoms with van der Waals surface area (Å²) in [6.07, 6.45) is 6.50. The molecule has 3 nitrogen and oxygen atoms in total. The van der Waals surface area contributed by atoms with Crippen LogP contribution in [0.25, 0.3) is 0 Å². The van der Waals surface area contributed by atoms with Gasteiger partial charge in [-0.1, -0.05) is 19.8 Å². The number of nitrogens with zero attached hydrogens (tertiary/aromatic N) is 1. The average molecular weight is 245 g/mol. The van der Waals surface area contributed by atoms with Crippen LogP contribution in [0.15, 0.2) is 17.1 Å². The zero-order chi connectivity index (χ0) is 13.2. The predicted molar refractivity (Wildman–Crippen MR) is 70.5 cm³/mol. The molecule has 0 spiro atoms. The van der Waals surface area contributed by atoms with Gasteiger partial charge in [0.25, 0.3) is 0 Å². The molecule has 0 radical (unpaired) electrons. The number of benzene rings is 1. The van der Waals surface area contributed by atoms with Crippen molar-refractivity contribution < 1.29 is 9.90 Å². The van der Waals surface area contributed by atoms with E-state index in [-0.39, 0.29) is 0 Å². The van der Waals surface area contributed by atoms with Crippen molar-refractivity contribution in [1.29, 1.82) is 0 Å². The summed E-state index contributed by atoms with van der Waals surface area (Å²) in [7, 11) is 0. The van der Waals surface area contributed by atoms with Crippen molar-refractivity contribution in [2.45, 2.75) is 51.5 Å². The molecular formula is C15H19NO2. The van der Waals surface area contributed by atoms with Crippen molar-refractivity contribution in [3.05, 3.63) is 28.8 Å². The molecule has 1 aromatic rings. The summed E-state index contributed by atoms with van der Waals surface area (Å²) in [4.78, 5) is 14.8. The molecule has 0 bridgehead atoms. The van der Waals surface area contributed by atoms with E-state index in [4.69, 9.17) is 0 Å². The van der Waals surface area contributed by atoms with Gasteiger partial charge in [-0.25, -0.2) is 4.79 Å². The third kappa shape index (κ3) is 2.06. The Bertz CT molecular complexity index is 495. The van der Waals surface area contributed by atoms with Crippen molar-refractivity contribution in [2.24, 2.45) is 4.99 Å². The minimum Gasteiger partial charge on any atom is -0.508 e. The smallest absolute Gasteiger partial charge is 0.235 e. The lowest BCUT2D eigenvalue weighted by molar-refractivity contribution is 0.446. The molecule has 0 heterocycles. The largest absolute Gasteiger partial charge is 0.508 e. The number of aliphatic imine (C=N–C) groups is 1. The zero-order valence-corrected chi connectivity index (χ0v) is 11.0. The normalized spacial score (nSPS) is 17.4. The van der Waals surface area contributed by atoms with Crippen LogP contribution in [0, 0.1) is 6.92 Å². The Labute approximate surface area is 108 Å². The van der Waals surface area contributed by atoms with Gasteiger partial charge in [0.15, 0.2) is 0 Å². The Morgan fingerprint density at radius 2 is 2.06 bits per heavy atom. The van der Waals surface area contributed by atoms with Crippen LogP contribution >= 0.6 is 0 Å². The highest BCUT2D eigenvalue weighted by molar-refractivity contribution is 5.47. The topological polar surface area (TPSA) is 49.7 Å². The number of hydrogen-bond donors (Lipinski definition) is 1. The van der Waals surface area contributed by atoms with Crippen LogP contribution in [0.3, 0.4) is 0 Å². The van der Waals surface area contributed by atoms with E-state index in [1.165, 1.54) is 0 Å². The number of isocyanates is 1. The summed E-state index contributed by atoms with van der Waals surface area (Å²) in [5.74, 6) is 0.335. The first-order valence-corrected chi connectivity index (χ1v) is 6.55. The van der Waals surface area contributed by atoms with E-state index in [2.05, 4.69) is 4.99 Å². The van der Waals surface area contributed by atoms with Gasteiger partial charge in [0.2, 0.25) is 6.08 Å². The molecule has 1 aliphatic carbocycles. The lowest BCUT2D eigenvalue weighted by Gasteiger charge is -2.26. The number of phenols is 1. The van der Waals surface area contributed by atoms with E-state index in [9.17, 15) is 9.90 Å². The molecule has 0 unspecified atom stereocenters. The molecule has 1 aliphatic rings. The summed E-state index contributed by atoms with van der Waals surface area (Å²) < 4.78 is 0. The van der Waals surface area contributed by atoms with Crippen LogP contribution in [0.1, 0.15) is 49.3 Å². The Morgan fingerprint density at radius 1 is 1.39 bits per heavy atom. The Hall–Kier alpha value is -1.60. The molecule has 1 aromatic carbocycles. The van der Waals surface area contributed by atoms with E-state index in [0.29, 0.717) is 5.75 Å². The molecule has 1 fully saturated rings. The standard InChI is InChI=1S/C15H19NO2/c1-3-12-9-13(11(2)8-14(12)18)15(16-10-17)6-4-5-7-15/h8-9,18H,3-7H2,1-2H3. The molecule has 0 aliphatic heterocycles. The molecule has 1 saturated carbocycles. The van der Waals surface area contributed by atoms with Crippen LogP contribution in [0.5, 0.6) is 5.75 Å². The maximum absolute atomic E-state index is 10.7. The van der Waals surface area contributed by atoms with Gasteiger partial charge in [-0.05, 0) is 55.0 Å². The molecule has 2 rings (SSSR count). The van der Waals surface area contributed by atoms with Gasteiger partial charge in [-0.2, -0.15) is 4.99 Å². The number of hydrogen-bond acceptors (Lipinski definition) is 3. The van der Waals surface area contributed by atoms with Crippen molar-refractivity contribution in [2.75, 3.05) is 0 Å². The second kappa shape index (κ2) is 4.95. The van der Waals surface area contributed by atoms with E-state index in [1.54, 1.807) is 12.1 Å². The number of aryl methyl sites for hydroxylation is 2. The predicted octanol–water partition coefficient (Wildman–Crippen LogP) is 3.37. The van der Waals surface area contributed by atoms with Crippen LogP contribution in [-0.4, -0.2) is 11.2 Å². The van der Waals surface area contributed by atoms with E-state index in [1.807, 2.05) is 19.9 Å². The maximum Gasteiger partial charge on any atom is 0.235 e. The number of carbonyl (C=O) groups excluding carboxylic acids is 1. The van der Waals surface area contributed by atoms with E-state index in [0.717, 1.165) is 48.8 Å². The number of phenolic OH excluding ortho intramolecular Hbond substituents is 1. The van der Waals surface area contributed by atoms with Gasteiger partial charge in [0.05, 0.1) is 5.54 Å². The molecule has 96 valence electrons. The lowest BCUT2D eigenvalue weighted by Crippen LogP contribution is -2.20. The highest BCUT2D eigenvalue weighted by atomic mass is 16.3. The fourth-order valence-corrected chi connectivity index (χ4v) is 3.01. The van der Waals surface area contributed by atoms with E-state index < -0.39 is 5.54 Å². The minimum atomic E-state index is -0.399. The van der Waals surface area contributed by atoms with Gasteiger partial charge in [-0.15, -0.1) is 0 Å². The van der Waals surface area contributed by atoms with Gasteiger partial charge >= 0.3 is 0 Å². The van der Waals surface area contributed by atoms with Gasteiger partial charge in [-0.3, -0.25) is 0 Å². The molecule has 0 atom stereocenters. The molecule has 3 heteroatoms. The Balaban J connectivity index is 2.57. The second-order valence-electron chi connectivity index (χ2n) is 5.09. The van der Waals surface area contributed by atoms with E-state index >= 15 is 0 Å². The first-order chi connectivity index (χ1) is 8.63. The highest BCUT2D eigenvalue weighted by Crippen LogP contribution is 2.44. The average Bonchev–Trinajstić information content (AvgIpc) is 2.79. The first-order valence-electron chi connectivity index (χ1n) is 6.55. The molecule has 0 aromatic heterocycles. The molecule has 0 saturated heterocycles. The van der Waals surface area contributed by atoms with Gasteiger partial charge < -0.3 is 5.11 Å². The summed E-state index contributed by atoms with van der Waals surface area (Å²) >= 11 is 0. The Morgan fingerprint density at radius 3 is 2.61 bits per heavy atom. The number of aromatic hydroxyl groups is 1. The quantitative estimate of drug-likeness (QED) is 0.655. The maximum atomic E-state index is 10.7. The number of rotatable bonds is 3. The third-order valence-electron chi connectivity index (χ3n) is 4.00. The first kappa shape index (κ1) is 12.8. The highest BCUT2D eigenvalue weighted by Gasteiger charge is 2.37. The van der Waals surface area contributed by atoms with Gasteiger partial charge in [0.1, 0.15) is 5.75 Å². The fraction of sp³-hybridized carbons (Fsp3) is 0.533. The third-order valence-corrected chi connectivity index (χ3v) is 4.00. The van der Waals surface area contributed by atoms with Crippen molar-refractivity contribution in [3.8, 4) is 5.75 Å². The SMILES string of the molecule is CCc1cc(C2(N=C=O)CCCC2)c(C)cc1O. The zero-order valence-electron chi connectivity index (χ0n) is 11.0. The molecule has 1 N–H and O–H groups in total. The Kier molecular flexibility index (Phi) is 3.53. The van der Waals surface area contributed by atoms with Gasteiger partial charge in [0, 0.05) is 0 Å². The fourth-order valence-electron chi connectivity index (χ4n) is 3.01. The monoisotopic (exact) mass is 245 g/mol. The summed E-state index contributed by atoms with van der Waals surface area (Å²) in [6.45, 7) is 3.98. The molecule has 18 heavy (non-hydrogen) atoms. The van der Waals surface area contributed by atoms with Crippen molar-refractivity contribution in [3.63, 3.8) is 0 Å². The summed E-state index contributed by atoms with van der Waals surface area (Å²) in [5, 5.41) is 9.86. The van der Waals surface area contributed by atoms with Crippen molar-refractivity contribution >= 4 is 6.08 Å². The summed E-state index contributed by atoms with van der Waals surface area (Å²) in [6, 6.07) is 3.80. The van der Waals surface area contributed by atoms with Crippen LogP contribution in [-0.2, 0) is 16.8 Å². The van der Waals surface area contributed by atoms with Crippen LogP contribution in [0.2, 0.25) is 0 Å². The molecule has 0 amide bonds. The minimum absolute atomic E-state index is 0.335.